The molecule has 0 radical (unpaired) electrons. The molecule has 170 valence electrons. The number of amides is 2. The zero-order valence-electron chi connectivity index (χ0n) is 18.9. The number of nitrogens with zero attached hydrogens (tertiary/aromatic N) is 3. The molecular formula is C24H30N4O3S. The second-order valence-electron chi connectivity index (χ2n) is 8.62. The molecule has 0 saturated heterocycles. The number of carbonyl (C=O) groups is 2. The maximum atomic E-state index is 13.1. The highest BCUT2D eigenvalue weighted by Crippen LogP contribution is 2.28. The SMILES string of the molecule is CCn1nccc1-c1ccc(C(=O)NC(Cc2ccccc2)CN(C(=O)O)C(C)(C)C)s1. The Kier molecular flexibility index (Phi) is 7.35. The number of hydrogen-bond donors (Lipinski definition) is 2. The van der Waals surface area contributed by atoms with Crippen LogP contribution in [0.5, 0.6) is 0 Å². The Balaban J connectivity index is 1.81. The number of carboxylic acid groups (broad SMARTS) is 1. The highest BCUT2D eigenvalue weighted by atomic mass is 32.1. The molecule has 0 fully saturated rings. The Labute approximate surface area is 192 Å². The van der Waals surface area contributed by atoms with Gasteiger partial charge in [-0.2, -0.15) is 5.10 Å². The number of aryl methyl sites for hydroxylation is 1. The first-order valence-corrected chi connectivity index (χ1v) is 11.5. The smallest absolute Gasteiger partial charge is 0.407 e. The van der Waals surface area contributed by atoms with E-state index in [0.717, 1.165) is 22.7 Å². The van der Waals surface area contributed by atoms with Crippen molar-refractivity contribution in [2.45, 2.75) is 52.2 Å². The molecule has 2 heterocycles. The Morgan fingerprint density at radius 2 is 1.88 bits per heavy atom. The Morgan fingerprint density at radius 3 is 2.50 bits per heavy atom. The van der Waals surface area contributed by atoms with Crippen molar-refractivity contribution in [3.8, 4) is 10.6 Å². The van der Waals surface area contributed by atoms with Crippen molar-refractivity contribution in [1.29, 1.82) is 0 Å². The Hall–Kier alpha value is -3.13. The molecule has 3 rings (SSSR count). The van der Waals surface area contributed by atoms with E-state index in [2.05, 4.69) is 10.4 Å². The van der Waals surface area contributed by atoms with Crippen molar-refractivity contribution in [2.24, 2.45) is 0 Å². The predicted molar refractivity (Wildman–Crippen MR) is 127 cm³/mol. The summed E-state index contributed by atoms with van der Waals surface area (Å²) in [6.45, 7) is 8.52. The third kappa shape index (κ3) is 5.76. The van der Waals surface area contributed by atoms with Crippen LogP contribution in [0.4, 0.5) is 4.79 Å². The summed E-state index contributed by atoms with van der Waals surface area (Å²) >= 11 is 1.40. The van der Waals surface area contributed by atoms with Crippen LogP contribution in [-0.4, -0.2) is 49.9 Å². The van der Waals surface area contributed by atoms with Crippen molar-refractivity contribution >= 4 is 23.3 Å². The first kappa shape index (κ1) is 23.5. The zero-order chi connectivity index (χ0) is 23.3. The van der Waals surface area contributed by atoms with Crippen LogP contribution in [0.3, 0.4) is 0 Å². The molecule has 1 aromatic carbocycles. The van der Waals surface area contributed by atoms with Crippen LogP contribution in [0.15, 0.2) is 54.7 Å². The molecule has 0 spiro atoms. The average Bonchev–Trinajstić information content (AvgIpc) is 3.40. The van der Waals surface area contributed by atoms with Gasteiger partial charge in [-0.05, 0) is 57.9 Å². The molecule has 1 unspecified atom stereocenters. The van der Waals surface area contributed by atoms with E-state index in [1.807, 2.05) is 74.8 Å². The lowest BCUT2D eigenvalue weighted by molar-refractivity contribution is 0.0824. The van der Waals surface area contributed by atoms with E-state index in [1.54, 1.807) is 12.3 Å². The Bertz CT molecular complexity index is 1050. The molecule has 7 nitrogen and oxygen atoms in total. The van der Waals surface area contributed by atoms with Gasteiger partial charge >= 0.3 is 6.09 Å². The van der Waals surface area contributed by atoms with Crippen molar-refractivity contribution in [2.75, 3.05) is 6.54 Å². The van der Waals surface area contributed by atoms with Crippen LogP contribution >= 0.6 is 11.3 Å². The van der Waals surface area contributed by atoms with Gasteiger partial charge < -0.3 is 15.3 Å². The summed E-state index contributed by atoms with van der Waals surface area (Å²) < 4.78 is 1.89. The number of carbonyl (C=O) groups excluding carboxylic acids is 1. The van der Waals surface area contributed by atoms with Gasteiger partial charge in [-0.15, -0.1) is 11.3 Å². The lowest BCUT2D eigenvalue weighted by Crippen LogP contribution is -2.53. The van der Waals surface area contributed by atoms with Crippen molar-refractivity contribution in [3.63, 3.8) is 0 Å². The summed E-state index contributed by atoms with van der Waals surface area (Å²) in [6.07, 6.45) is 1.28. The first-order chi connectivity index (χ1) is 15.2. The number of thiophene rings is 1. The van der Waals surface area contributed by atoms with Gasteiger partial charge in [0.1, 0.15) is 0 Å². The minimum atomic E-state index is -1.00. The number of nitrogens with one attached hydrogen (secondary N) is 1. The topological polar surface area (TPSA) is 87.5 Å². The molecule has 2 N–H and O–H groups in total. The van der Waals surface area contributed by atoms with Crippen LogP contribution in [-0.2, 0) is 13.0 Å². The van der Waals surface area contributed by atoms with Gasteiger partial charge in [0.05, 0.1) is 21.5 Å². The van der Waals surface area contributed by atoms with Crippen molar-refractivity contribution in [1.82, 2.24) is 20.0 Å². The molecule has 0 bridgehead atoms. The maximum absolute atomic E-state index is 13.1. The average molecular weight is 455 g/mol. The molecule has 32 heavy (non-hydrogen) atoms. The molecule has 2 amide bonds. The van der Waals surface area contributed by atoms with E-state index in [9.17, 15) is 14.7 Å². The summed E-state index contributed by atoms with van der Waals surface area (Å²) in [5, 5.41) is 17.1. The highest BCUT2D eigenvalue weighted by Gasteiger charge is 2.30. The van der Waals surface area contributed by atoms with Crippen molar-refractivity contribution < 1.29 is 14.7 Å². The normalized spacial score (nSPS) is 12.4. The third-order valence-electron chi connectivity index (χ3n) is 5.20. The minimum Gasteiger partial charge on any atom is -0.465 e. The molecule has 0 saturated carbocycles. The molecule has 0 aliphatic rings. The summed E-state index contributed by atoms with van der Waals surface area (Å²) in [4.78, 5) is 27.9. The van der Waals surface area contributed by atoms with Gasteiger partial charge in [0.25, 0.3) is 5.91 Å². The van der Waals surface area contributed by atoms with E-state index in [4.69, 9.17) is 0 Å². The number of hydrogen-bond acceptors (Lipinski definition) is 4. The van der Waals surface area contributed by atoms with Gasteiger partial charge in [-0.3, -0.25) is 9.48 Å². The van der Waals surface area contributed by atoms with E-state index >= 15 is 0 Å². The molecular weight excluding hydrogens is 424 g/mol. The lowest BCUT2D eigenvalue weighted by Gasteiger charge is -2.36. The van der Waals surface area contributed by atoms with Gasteiger partial charge in [0.2, 0.25) is 0 Å². The monoisotopic (exact) mass is 454 g/mol. The quantitative estimate of drug-likeness (QED) is 0.514. The van der Waals surface area contributed by atoms with Gasteiger partial charge in [0, 0.05) is 24.8 Å². The van der Waals surface area contributed by atoms with E-state index < -0.39 is 11.6 Å². The fourth-order valence-corrected chi connectivity index (χ4v) is 4.51. The van der Waals surface area contributed by atoms with Gasteiger partial charge in [-0.25, -0.2) is 4.79 Å². The number of aromatic nitrogens is 2. The van der Waals surface area contributed by atoms with Crippen LogP contribution in [0.1, 0.15) is 42.9 Å². The number of rotatable bonds is 8. The summed E-state index contributed by atoms with van der Waals surface area (Å²) in [7, 11) is 0. The fourth-order valence-electron chi connectivity index (χ4n) is 3.57. The molecule has 1 atom stereocenters. The standard InChI is InChI=1S/C24H30N4O3S/c1-5-28-19(13-14-25-28)20-11-12-21(32-20)22(29)26-18(15-17-9-7-6-8-10-17)16-27(23(30)31)24(2,3)4/h6-14,18H,5,15-16H2,1-4H3,(H,26,29)(H,30,31). The summed E-state index contributed by atoms with van der Waals surface area (Å²) in [6, 6.07) is 15.1. The molecule has 2 aromatic heterocycles. The van der Waals surface area contributed by atoms with Crippen LogP contribution in [0.25, 0.3) is 10.6 Å². The second kappa shape index (κ2) is 9.99. The first-order valence-electron chi connectivity index (χ1n) is 10.7. The third-order valence-corrected chi connectivity index (χ3v) is 6.31. The minimum absolute atomic E-state index is 0.195. The highest BCUT2D eigenvalue weighted by molar-refractivity contribution is 7.17. The summed E-state index contributed by atoms with van der Waals surface area (Å²) in [5.74, 6) is -0.205. The van der Waals surface area contributed by atoms with E-state index in [-0.39, 0.29) is 18.5 Å². The van der Waals surface area contributed by atoms with Crippen LogP contribution < -0.4 is 5.32 Å². The fraction of sp³-hybridized carbons (Fsp3) is 0.375. The van der Waals surface area contributed by atoms with Gasteiger partial charge in [0.15, 0.2) is 0 Å². The van der Waals surface area contributed by atoms with Gasteiger partial charge in [-0.1, -0.05) is 30.3 Å². The largest absolute Gasteiger partial charge is 0.465 e. The predicted octanol–water partition coefficient (Wildman–Crippen LogP) is 4.75. The van der Waals surface area contributed by atoms with E-state index in [1.165, 1.54) is 16.2 Å². The molecule has 0 aliphatic carbocycles. The van der Waals surface area contributed by atoms with Crippen LogP contribution in [0.2, 0.25) is 0 Å². The summed E-state index contributed by atoms with van der Waals surface area (Å²) in [5.41, 5.74) is 1.43. The lowest BCUT2D eigenvalue weighted by atomic mass is 10.0. The molecule has 8 heteroatoms. The van der Waals surface area contributed by atoms with E-state index in [0.29, 0.717) is 11.3 Å². The second-order valence-corrected chi connectivity index (χ2v) is 9.70. The maximum Gasteiger partial charge on any atom is 0.407 e. The van der Waals surface area contributed by atoms with Crippen LogP contribution in [0, 0.1) is 0 Å². The Morgan fingerprint density at radius 1 is 1.16 bits per heavy atom. The molecule has 0 aliphatic heterocycles. The zero-order valence-corrected chi connectivity index (χ0v) is 19.7. The van der Waals surface area contributed by atoms with Crippen molar-refractivity contribution in [3.05, 3.63) is 65.2 Å². The number of benzene rings is 1. The molecule has 3 aromatic rings.